The van der Waals surface area contributed by atoms with E-state index in [1.165, 1.54) is 18.2 Å². The number of hydrogen-bond acceptors (Lipinski definition) is 4. The van der Waals surface area contributed by atoms with Gasteiger partial charge in [0, 0.05) is 18.9 Å². The maximum atomic E-state index is 13.6. The summed E-state index contributed by atoms with van der Waals surface area (Å²) in [6, 6.07) is 5.66. The first kappa shape index (κ1) is 18.9. The summed E-state index contributed by atoms with van der Waals surface area (Å²) in [5.41, 5.74) is 1.15. The Morgan fingerprint density at radius 2 is 2.00 bits per heavy atom. The molecule has 0 aliphatic carbocycles. The van der Waals surface area contributed by atoms with Gasteiger partial charge in [0.1, 0.15) is 18.2 Å². The van der Waals surface area contributed by atoms with Crippen LogP contribution >= 0.6 is 0 Å². The van der Waals surface area contributed by atoms with Crippen LogP contribution in [0, 0.1) is 12.7 Å². The van der Waals surface area contributed by atoms with Gasteiger partial charge in [-0.3, -0.25) is 9.48 Å². The van der Waals surface area contributed by atoms with Crippen LogP contribution in [-0.4, -0.2) is 36.0 Å². The van der Waals surface area contributed by atoms with Crippen molar-refractivity contribution in [2.45, 2.75) is 33.2 Å². The summed E-state index contributed by atoms with van der Waals surface area (Å²) in [7, 11) is 1.56. The largest absolute Gasteiger partial charge is 0.489 e. The number of methoxy groups -OCH3 is 1. The average Bonchev–Trinajstić information content (AvgIpc) is 2.92. The van der Waals surface area contributed by atoms with Crippen molar-refractivity contribution in [2.75, 3.05) is 25.6 Å². The van der Waals surface area contributed by atoms with Gasteiger partial charge < -0.3 is 14.8 Å². The summed E-state index contributed by atoms with van der Waals surface area (Å²) >= 11 is 0. The van der Waals surface area contributed by atoms with E-state index in [0.29, 0.717) is 19.0 Å². The van der Waals surface area contributed by atoms with E-state index in [2.05, 4.69) is 10.4 Å². The molecule has 0 radical (unpaired) electrons. The molecule has 0 saturated heterocycles. The molecule has 0 fully saturated rings. The fourth-order valence-corrected chi connectivity index (χ4v) is 2.41. The fourth-order valence-electron chi connectivity index (χ4n) is 2.41. The number of anilines is 1. The van der Waals surface area contributed by atoms with Crippen molar-refractivity contribution in [3.63, 3.8) is 0 Å². The summed E-state index contributed by atoms with van der Waals surface area (Å²) in [5.74, 6) is -0.516. The number of aromatic nitrogens is 2. The van der Waals surface area contributed by atoms with Crippen LogP contribution in [0.3, 0.4) is 0 Å². The molecule has 0 aliphatic rings. The van der Waals surface area contributed by atoms with E-state index >= 15 is 0 Å². The molecule has 1 N–H and O–H groups in total. The monoisotopic (exact) mass is 349 g/mol. The quantitative estimate of drug-likeness (QED) is 0.812. The molecule has 0 aliphatic heterocycles. The van der Waals surface area contributed by atoms with E-state index in [0.717, 1.165) is 5.69 Å². The second kappa shape index (κ2) is 7.65. The topological polar surface area (TPSA) is 65.4 Å². The molecule has 0 spiro atoms. The number of halogens is 1. The lowest BCUT2D eigenvalue weighted by Crippen LogP contribution is -2.25. The van der Waals surface area contributed by atoms with Crippen LogP contribution < -0.4 is 10.1 Å². The summed E-state index contributed by atoms with van der Waals surface area (Å²) < 4.78 is 25.8. The highest BCUT2D eigenvalue weighted by Gasteiger charge is 2.21. The van der Waals surface area contributed by atoms with Gasteiger partial charge >= 0.3 is 0 Å². The van der Waals surface area contributed by atoms with E-state index in [1.807, 2.05) is 27.7 Å². The normalized spacial score (nSPS) is 11.4. The summed E-state index contributed by atoms with van der Waals surface area (Å²) in [5, 5.41) is 7.02. The lowest BCUT2D eigenvalue weighted by Gasteiger charge is -2.21. The molecule has 2 aromatic rings. The molecule has 1 amide bonds. The van der Waals surface area contributed by atoms with Crippen LogP contribution in [0.2, 0.25) is 0 Å². The van der Waals surface area contributed by atoms with Gasteiger partial charge in [-0.1, -0.05) is 0 Å². The Morgan fingerprint density at radius 3 is 2.60 bits per heavy atom. The van der Waals surface area contributed by atoms with Gasteiger partial charge in [-0.25, -0.2) is 4.39 Å². The van der Waals surface area contributed by atoms with Gasteiger partial charge in [0.05, 0.1) is 17.8 Å². The second-order valence-corrected chi connectivity index (χ2v) is 6.69. The van der Waals surface area contributed by atoms with Gasteiger partial charge in [-0.2, -0.15) is 5.10 Å². The zero-order valence-corrected chi connectivity index (χ0v) is 15.2. The minimum atomic E-state index is -0.467. The Morgan fingerprint density at radius 1 is 1.28 bits per heavy atom. The molecule has 6 nitrogen and oxygen atoms in total. The van der Waals surface area contributed by atoms with Gasteiger partial charge in [-0.15, -0.1) is 0 Å². The zero-order chi connectivity index (χ0) is 18.6. The number of carbonyl (C=O) groups excluding carboxylic acids is 1. The number of nitrogens with zero attached hydrogens (tertiary/aromatic N) is 2. The molecule has 0 saturated carbocycles. The SMILES string of the molecule is COCCOc1ccc(F)cc1NC(=O)c1cc(C)n(C(C)(C)C)n1. The van der Waals surface area contributed by atoms with Crippen LogP contribution in [0.15, 0.2) is 24.3 Å². The minimum absolute atomic E-state index is 0.240. The highest BCUT2D eigenvalue weighted by Crippen LogP contribution is 2.26. The van der Waals surface area contributed by atoms with Gasteiger partial charge in [0.25, 0.3) is 5.91 Å². The molecule has 1 aromatic heterocycles. The number of nitrogens with one attached hydrogen (secondary N) is 1. The molecule has 2 rings (SSSR count). The highest BCUT2D eigenvalue weighted by atomic mass is 19.1. The van der Waals surface area contributed by atoms with Crippen molar-refractivity contribution < 1.29 is 18.7 Å². The van der Waals surface area contributed by atoms with E-state index in [9.17, 15) is 9.18 Å². The van der Waals surface area contributed by atoms with E-state index in [1.54, 1.807) is 17.9 Å². The number of hydrogen-bond donors (Lipinski definition) is 1. The molecular weight excluding hydrogens is 325 g/mol. The van der Waals surface area contributed by atoms with Crippen LogP contribution in [0.5, 0.6) is 5.75 Å². The van der Waals surface area contributed by atoms with Crippen LogP contribution in [0.4, 0.5) is 10.1 Å². The van der Waals surface area contributed by atoms with Gasteiger partial charge in [0.15, 0.2) is 5.69 Å². The molecule has 0 bridgehead atoms. The maximum Gasteiger partial charge on any atom is 0.276 e. The Bertz CT molecular complexity index is 751. The van der Waals surface area contributed by atoms with E-state index < -0.39 is 11.7 Å². The summed E-state index contributed by atoms with van der Waals surface area (Å²) in [6.07, 6.45) is 0. The predicted octanol–water partition coefficient (Wildman–Crippen LogP) is 3.36. The predicted molar refractivity (Wildman–Crippen MR) is 93.7 cm³/mol. The van der Waals surface area contributed by atoms with Crippen molar-refractivity contribution in [3.05, 3.63) is 41.5 Å². The maximum absolute atomic E-state index is 13.6. The zero-order valence-electron chi connectivity index (χ0n) is 15.2. The third kappa shape index (κ3) is 4.79. The smallest absolute Gasteiger partial charge is 0.276 e. The molecular formula is C18H24FN3O3. The number of rotatable bonds is 6. The van der Waals surface area contributed by atoms with Gasteiger partial charge in [0.2, 0.25) is 0 Å². The van der Waals surface area contributed by atoms with Crippen molar-refractivity contribution in [3.8, 4) is 5.75 Å². The molecule has 1 aromatic carbocycles. The Hall–Kier alpha value is -2.41. The first-order chi connectivity index (χ1) is 11.7. The minimum Gasteiger partial charge on any atom is -0.489 e. The Kier molecular flexibility index (Phi) is 5.79. The fraction of sp³-hybridized carbons (Fsp3) is 0.444. The van der Waals surface area contributed by atoms with E-state index in [4.69, 9.17) is 9.47 Å². The Balaban J connectivity index is 2.21. The number of ether oxygens (including phenoxy) is 2. The van der Waals surface area contributed by atoms with E-state index in [-0.39, 0.29) is 16.9 Å². The van der Waals surface area contributed by atoms with Gasteiger partial charge in [-0.05, 0) is 45.9 Å². The van der Waals surface area contributed by atoms with Crippen LogP contribution in [0.25, 0.3) is 0 Å². The van der Waals surface area contributed by atoms with Crippen molar-refractivity contribution in [2.24, 2.45) is 0 Å². The van der Waals surface area contributed by atoms with Crippen molar-refractivity contribution >= 4 is 11.6 Å². The average molecular weight is 349 g/mol. The molecule has 1 heterocycles. The van der Waals surface area contributed by atoms with Crippen molar-refractivity contribution in [1.29, 1.82) is 0 Å². The summed E-state index contributed by atoms with van der Waals surface area (Å²) in [4.78, 5) is 12.5. The first-order valence-corrected chi connectivity index (χ1v) is 8.02. The number of aryl methyl sites for hydroxylation is 1. The number of carbonyl (C=O) groups is 1. The third-order valence-corrected chi connectivity index (χ3v) is 3.49. The Labute approximate surface area is 146 Å². The molecule has 0 atom stereocenters. The lowest BCUT2D eigenvalue weighted by atomic mass is 10.1. The molecule has 7 heteroatoms. The lowest BCUT2D eigenvalue weighted by molar-refractivity contribution is 0.102. The van der Waals surface area contributed by atoms with Crippen LogP contribution in [-0.2, 0) is 10.3 Å². The number of amides is 1. The standard InChI is InChI=1S/C18H24FN3O3/c1-12-10-15(21-22(12)18(2,3)4)17(23)20-14-11-13(19)6-7-16(14)25-9-8-24-5/h6-7,10-11H,8-9H2,1-5H3,(H,20,23). The second-order valence-electron chi connectivity index (χ2n) is 6.69. The van der Waals surface area contributed by atoms with Crippen molar-refractivity contribution in [1.82, 2.24) is 9.78 Å². The molecule has 0 unspecified atom stereocenters. The number of benzene rings is 1. The first-order valence-electron chi connectivity index (χ1n) is 8.02. The molecule has 25 heavy (non-hydrogen) atoms. The summed E-state index contributed by atoms with van der Waals surface area (Å²) in [6.45, 7) is 8.58. The molecule has 136 valence electrons. The highest BCUT2D eigenvalue weighted by molar-refractivity contribution is 6.03. The third-order valence-electron chi connectivity index (χ3n) is 3.49. The van der Waals surface area contributed by atoms with Crippen LogP contribution in [0.1, 0.15) is 37.0 Å².